The van der Waals surface area contributed by atoms with E-state index >= 15 is 0 Å². The molecule has 0 N–H and O–H groups in total. The Morgan fingerprint density at radius 2 is 1.63 bits per heavy atom. The van der Waals surface area contributed by atoms with E-state index in [1.807, 2.05) is 6.92 Å². The molecular weight excluding hydrogens is 386 g/mol. The number of carbonyl (C=O) groups is 2. The van der Waals surface area contributed by atoms with E-state index in [0.717, 1.165) is 11.3 Å². The highest BCUT2D eigenvalue weighted by Gasteiger charge is 2.46. The molecule has 30 heavy (non-hydrogen) atoms. The summed E-state index contributed by atoms with van der Waals surface area (Å²) in [5.74, 6) is -0.305. The zero-order chi connectivity index (χ0) is 22.2. The number of allylic oxidation sites excluding steroid dienone is 2. The van der Waals surface area contributed by atoms with E-state index in [9.17, 15) is 9.59 Å². The fourth-order valence-electron chi connectivity index (χ4n) is 4.52. The van der Waals surface area contributed by atoms with Gasteiger partial charge in [-0.05, 0) is 36.5 Å². The van der Waals surface area contributed by atoms with Crippen LogP contribution >= 0.6 is 0 Å². The molecule has 1 aromatic carbocycles. The maximum atomic E-state index is 13.3. The monoisotopic (exact) mass is 415 g/mol. The number of Topliss-reactive ketones (excluding diaryl/α,β-unsaturated/α-hetero) is 1. The van der Waals surface area contributed by atoms with Crippen LogP contribution in [0, 0.1) is 11.3 Å². The fraction of sp³-hybridized carbons (Fsp3) is 0.522. The van der Waals surface area contributed by atoms with Gasteiger partial charge in [-0.3, -0.25) is 14.6 Å². The van der Waals surface area contributed by atoms with Crippen molar-refractivity contribution in [3.63, 3.8) is 0 Å². The van der Waals surface area contributed by atoms with Gasteiger partial charge in [0.1, 0.15) is 5.92 Å². The Hall–Kier alpha value is -2.83. The van der Waals surface area contributed by atoms with Crippen molar-refractivity contribution in [2.45, 2.75) is 39.5 Å². The molecule has 0 fully saturated rings. The average Bonchev–Trinajstić information content (AvgIpc) is 2.69. The van der Waals surface area contributed by atoms with Crippen LogP contribution in [0.2, 0.25) is 0 Å². The van der Waals surface area contributed by atoms with Gasteiger partial charge in [0.15, 0.2) is 17.3 Å². The van der Waals surface area contributed by atoms with E-state index in [-0.39, 0.29) is 11.2 Å². The van der Waals surface area contributed by atoms with Crippen LogP contribution in [0.4, 0.5) is 0 Å². The molecule has 3 rings (SSSR count). The number of ether oxygens (including phenoxy) is 4. The van der Waals surface area contributed by atoms with E-state index in [2.05, 4.69) is 18.8 Å². The molecule has 1 aliphatic carbocycles. The average molecular weight is 415 g/mol. The van der Waals surface area contributed by atoms with E-state index in [4.69, 9.17) is 18.9 Å². The van der Waals surface area contributed by atoms with Crippen molar-refractivity contribution in [2.24, 2.45) is 16.3 Å². The van der Waals surface area contributed by atoms with Crippen LogP contribution < -0.4 is 14.2 Å². The molecule has 1 unspecified atom stereocenters. The van der Waals surface area contributed by atoms with Gasteiger partial charge in [0.2, 0.25) is 5.75 Å². The number of ketones is 1. The maximum absolute atomic E-state index is 13.3. The second-order valence-corrected chi connectivity index (χ2v) is 8.49. The van der Waals surface area contributed by atoms with E-state index in [0.29, 0.717) is 41.4 Å². The molecule has 2 atom stereocenters. The van der Waals surface area contributed by atoms with Crippen LogP contribution in [0.25, 0.3) is 0 Å². The minimum Gasteiger partial charge on any atom is -0.493 e. The summed E-state index contributed by atoms with van der Waals surface area (Å²) in [6.45, 7) is 5.92. The summed E-state index contributed by atoms with van der Waals surface area (Å²) in [6, 6.07) is 3.58. The lowest BCUT2D eigenvalue weighted by Gasteiger charge is -2.39. The Morgan fingerprint density at radius 3 is 2.13 bits per heavy atom. The molecule has 0 spiro atoms. The molecule has 1 aromatic rings. The Labute approximate surface area is 177 Å². The number of methoxy groups -OCH3 is 4. The summed E-state index contributed by atoms with van der Waals surface area (Å²) in [7, 11) is 5.94. The van der Waals surface area contributed by atoms with Gasteiger partial charge in [0.25, 0.3) is 0 Å². The first kappa shape index (κ1) is 21.9. The normalized spacial score (nSPS) is 22.8. The van der Waals surface area contributed by atoms with Crippen LogP contribution in [-0.2, 0) is 14.3 Å². The number of carbonyl (C=O) groups excluding carboxylic acids is 2. The number of esters is 1. The fourth-order valence-corrected chi connectivity index (χ4v) is 4.52. The van der Waals surface area contributed by atoms with Gasteiger partial charge < -0.3 is 18.9 Å². The number of hydrogen-bond acceptors (Lipinski definition) is 7. The topological polar surface area (TPSA) is 83.4 Å². The third-order valence-electron chi connectivity index (χ3n) is 5.80. The quantitative estimate of drug-likeness (QED) is 0.682. The van der Waals surface area contributed by atoms with Gasteiger partial charge in [-0.2, -0.15) is 0 Å². The number of benzene rings is 1. The van der Waals surface area contributed by atoms with Crippen molar-refractivity contribution in [3.8, 4) is 17.2 Å². The lowest BCUT2D eigenvalue weighted by atomic mass is 9.67. The Morgan fingerprint density at radius 1 is 1.03 bits per heavy atom. The van der Waals surface area contributed by atoms with Crippen LogP contribution in [0.1, 0.15) is 45.1 Å². The molecule has 7 heteroatoms. The van der Waals surface area contributed by atoms with Gasteiger partial charge in [-0.1, -0.05) is 13.8 Å². The van der Waals surface area contributed by atoms with Crippen LogP contribution in [0.5, 0.6) is 17.2 Å². The largest absolute Gasteiger partial charge is 0.493 e. The Kier molecular flexibility index (Phi) is 5.92. The molecule has 0 bridgehead atoms. The summed E-state index contributed by atoms with van der Waals surface area (Å²) in [5.41, 5.74) is 2.48. The van der Waals surface area contributed by atoms with Crippen molar-refractivity contribution in [1.29, 1.82) is 0 Å². The van der Waals surface area contributed by atoms with Gasteiger partial charge in [0.05, 0.1) is 28.4 Å². The van der Waals surface area contributed by atoms with Gasteiger partial charge in [0, 0.05) is 29.3 Å². The molecule has 0 aromatic heterocycles. The van der Waals surface area contributed by atoms with Crippen LogP contribution in [-0.4, -0.2) is 45.9 Å². The summed E-state index contributed by atoms with van der Waals surface area (Å²) in [4.78, 5) is 30.7. The number of hydrogen-bond donors (Lipinski definition) is 0. The van der Waals surface area contributed by atoms with Crippen molar-refractivity contribution < 1.29 is 28.5 Å². The third-order valence-corrected chi connectivity index (χ3v) is 5.80. The Bertz CT molecular complexity index is 918. The summed E-state index contributed by atoms with van der Waals surface area (Å²) < 4.78 is 21.5. The van der Waals surface area contributed by atoms with Crippen molar-refractivity contribution in [2.75, 3.05) is 28.4 Å². The van der Waals surface area contributed by atoms with Gasteiger partial charge >= 0.3 is 5.97 Å². The van der Waals surface area contributed by atoms with Gasteiger partial charge in [-0.25, -0.2) is 0 Å². The summed E-state index contributed by atoms with van der Waals surface area (Å²) in [6.07, 6.45) is 1.06. The molecule has 162 valence electrons. The molecule has 0 radical (unpaired) electrons. The highest BCUT2D eigenvalue weighted by atomic mass is 16.5. The first-order valence-corrected chi connectivity index (χ1v) is 9.86. The number of aliphatic imine (C=N–C) groups is 1. The SMILES string of the molecule is COC(=O)C1C(C)=NC2=C(C(=O)CC(C)(C)C2)[C@@H]1c1cc(OC)c(OC)c(OC)c1. The zero-order valence-corrected chi connectivity index (χ0v) is 18.6. The van der Waals surface area contributed by atoms with E-state index in [1.165, 1.54) is 28.4 Å². The number of nitrogens with zero attached hydrogens (tertiary/aromatic N) is 1. The molecule has 0 saturated carbocycles. The maximum Gasteiger partial charge on any atom is 0.315 e. The smallest absolute Gasteiger partial charge is 0.315 e. The van der Waals surface area contributed by atoms with Crippen LogP contribution in [0.15, 0.2) is 28.4 Å². The molecule has 1 aliphatic heterocycles. The molecule has 0 saturated heterocycles. The third kappa shape index (κ3) is 3.68. The predicted octanol–water partition coefficient (Wildman–Crippen LogP) is 3.70. The summed E-state index contributed by atoms with van der Waals surface area (Å²) >= 11 is 0. The molecule has 0 amide bonds. The molecule has 7 nitrogen and oxygen atoms in total. The van der Waals surface area contributed by atoms with Crippen molar-refractivity contribution in [1.82, 2.24) is 0 Å². The lowest BCUT2D eigenvalue weighted by Crippen LogP contribution is -2.39. The highest BCUT2D eigenvalue weighted by molar-refractivity contribution is 6.09. The standard InChI is InChI=1S/C23H29NO6/c1-12-18(22(26)30-7)19(20-14(24-12)10-23(2,3)11-15(20)25)13-8-16(27-4)21(29-6)17(9-13)28-5/h8-9,18-19H,10-11H2,1-7H3/t18?,19-/m1/s1. The van der Waals surface area contributed by atoms with Gasteiger partial charge in [-0.15, -0.1) is 0 Å². The van der Waals surface area contributed by atoms with Crippen molar-refractivity contribution >= 4 is 17.5 Å². The second-order valence-electron chi connectivity index (χ2n) is 8.49. The van der Waals surface area contributed by atoms with Crippen molar-refractivity contribution in [3.05, 3.63) is 29.0 Å². The molecular formula is C23H29NO6. The highest BCUT2D eigenvalue weighted by Crippen LogP contribution is 2.50. The second kappa shape index (κ2) is 8.13. The Balaban J connectivity index is 2.27. The predicted molar refractivity (Wildman–Crippen MR) is 113 cm³/mol. The lowest BCUT2D eigenvalue weighted by molar-refractivity contribution is -0.143. The van der Waals surface area contributed by atoms with Crippen LogP contribution in [0.3, 0.4) is 0 Å². The minimum absolute atomic E-state index is 0.00477. The zero-order valence-electron chi connectivity index (χ0n) is 18.6. The van der Waals surface area contributed by atoms with E-state index < -0.39 is 17.8 Å². The number of rotatable bonds is 5. The minimum atomic E-state index is -0.707. The first-order chi connectivity index (χ1) is 14.2. The molecule has 2 aliphatic rings. The molecule has 1 heterocycles. The first-order valence-electron chi connectivity index (χ1n) is 9.86. The van der Waals surface area contributed by atoms with E-state index in [1.54, 1.807) is 12.1 Å². The summed E-state index contributed by atoms with van der Waals surface area (Å²) in [5, 5.41) is 0.